The molecule has 0 spiro atoms. The predicted molar refractivity (Wildman–Crippen MR) is 59.8 cm³/mol. The number of hydrogen-bond acceptors (Lipinski definition) is 2. The molecule has 0 saturated carbocycles. The van der Waals surface area contributed by atoms with Gasteiger partial charge in [-0.3, -0.25) is 4.79 Å². The smallest absolute Gasteiger partial charge is 0.134 e. The third-order valence-electron chi connectivity index (χ3n) is 1.98. The van der Waals surface area contributed by atoms with Crippen molar-refractivity contribution in [2.24, 2.45) is 0 Å². The molecule has 0 unspecified atom stereocenters. The van der Waals surface area contributed by atoms with E-state index >= 15 is 0 Å². The number of ether oxygens (including phenoxy) is 1. The Kier molecular flexibility index (Phi) is 3.69. The van der Waals surface area contributed by atoms with Gasteiger partial charge in [0.1, 0.15) is 11.5 Å². The van der Waals surface area contributed by atoms with Gasteiger partial charge >= 0.3 is 0 Å². The number of rotatable bonds is 3. The van der Waals surface area contributed by atoms with E-state index in [2.05, 4.69) is 15.9 Å². The fraction of sp³-hybridized carbons (Fsp3) is 0.364. The number of ketones is 1. The van der Waals surface area contributed by atoms with Gasteiger partial charge in [-0.1, -0.05) is 15.9 Å². The Morgan fingerprint density at radius 1 is 1.50 bits per heavy atom. The molecular formula is C11H13BrO2. The summed E-state index contributed by atoms with van der Waals surface area (Å²) in [7, 11) is 1.63. The van der Waals surface area contributed by atoms with Crippen LogP contribution in [-0.4, -0.2) is 12.9 Å². The summed E-state index contributed by atoms with van der Waals surface area (Å²) in [4.78, 5) is 11.0. The van der Waals surface area contributed by atoms with Crippen molar-refractivity contribution >= 4 is 21.7 Å². The molecule has 14 heavy (non-hydrogen) atoms. The fourth-order valence-corrected chi connectivity index (χ4v) is 1.69. The Morgan fingerprint density at radius 3 is 2.64 bits per heavy atom. The average Bonchev–Trinajstić information content (AvgIpc) is 2.11. The second-order valence-electron chi connectivity index (χ2n) is 3.30. The van der Waals surface area contributed by atoms with Crippen LogP contribution in [0.3, 0.4) is 0 Å². The zero-order valence-electron chi connectivity index (χ0n) is 8.56. The minimum absolute atomic E-state index is 0.151. The molecule has 76 valence electrons. The highest BCUT2D eigenvalue weighted by Crippen LogP contribution is 2.27. The molecule has 0 aliphatic heterocycles. The molecule has 1 aromatic rings. The molecule has 0 bridgehead atoms. The molecule has 0 heterocycles. The average molecular weight is 257 g/mol. The molecule has 1 aromatic carbocycles. The van der Waals surface area contributed by atoms with E-state index in [1.807, 2.05) is 19.1 Å². The van der Waals surface area contributed by atoms with E-state index in [0.717, 1.165) is 21.3 Å². The third kappa shape index (κ3) is 2.58. The van der Waals surface area contributed by atoms with E-state index in [1.165, 1.54) is 0 Å². The second kappa shape index (κ2) is 4.60. The quantitative estimate of drug-likeness (QED) is 0.832. The maximum Gasteiger partial charge on any atom is 0.134 e. The number of benzene rings is 1. The minimum Gasteiger partial charge on any atom is -0.497 e. The van der Waals surface area contributed by atoms with Crippen LogP contribution in [0.5, 0.6) is 5.75 Å². The van der Waals surface area contributed by atoms with Crippen LogP contribution >= 0.6 is 15.9 Å². The number of halogens is 1. The first-order chi connectivity index (χ1) is 6.54. The molecule has 0 N–H and O–H groups in total. The van der Waals surface area contributed by atoms with Crippen molar-refractivity contribution < 1.29 is 9.53 Å². The van der Waals surface area contributed by atoms with Crippen LogP contribution in [0.25, 0.3) is 0 Å². The van der Waals surface area contributed by atoms with Gasteiger partial charge in [-0.15, -0.1) is 0 Å². The van der Waals surface area contributed by atoms with Gasteiger partial charge in [-0.2, -0.15) is 0 Å². The zero-order chi connectivity index (χ0) is 10.7. The number of methoxy groups -OCH3 is 1. The summed E-state index contributed by atoms with van der Waals surface area (Å²) in [5.41, 5.74) is 2.06. The summed E-state index contributed by atoms with van der Waals surface area (Å²) < 4.78 is 6.13. The fourth-order valence-electron chi connectivity index (χ4n) is 1.32. The molecule has 3 heteroatoms. The van der Waals surface area contributed by atoms with E-state index in [-0.39, 0.29) is 5.78 Å². The van der Waals surface area contributed by atoms with Gasteiger partial charge in [0.15, 0.2) is 0 Å². The summed E-state index contributed by atoms with van der Waals surface area (Å²) in [6, 6.07) is 3.83. The molecule has 0 atom stereocenters. The summed E-state index contributed by atoms with van der Waals surface area (Å²) in [5, 5.41) is 0. The van der Waals surface area contributed by atoms with Crippen LogP contribution in [-0.2, 0) is 11.2 Å². The van der Waals surface area contributed by atoms with E-state index in [0.29, 0.717) is 6.42 Å². The minimum atomic E-state index is 0.151. The molecule has 1 rings (SSSR count). The van der Waals surface area contributed by atoms with Crippen molar-refractivity contribution in [1.82, 2.24) is 0 Å². The largest absolute Gasteiger partial charge is 0.497 e. The molecule has 0 aliphatic carbocycles. The zero-order valence-corrected chi connectivity index (χ0v) is 10.1. The van der Waals surface area contributed by atoms with Gasteiger partial charge in [0.2, 0.25) is 0 Å². The van der Waals surface area contributed by atoms with Gasteiger partial charge in [-0.05, 0) is 37.1 Å². The molecule has 0 aromatic heterocycles. The lowest BCUT2D eigenvalue weighted by Gasteiger charge is -2.08. The molecular weight excluding hydrogens is 244 g/mol. The lowest BCUT2D eigenvalue weighted by molar-refractivity contribution is -0.116. The first-order valence-electron chi connectivity index (χ1n) is 4.37. The number of carbonyl (C=O) groups excluding carboxylic acids is 1. The highest BCUT2D eigenvalue weighted by molar-refractivity contribution is 9.10. The van der Waals surface area contributed by atoms with Crippen LogP contribution in [0.1, 0.15) is 18.1 Å². The summed E-state index contributed by atoms with van der Waals surface area (Å²) >= 11 is 3.46. The summed E-state index contributed by atoms with van der Waals surface area (Å²) in [5.74, 6) is 0.945. The highest BCUT2D eigenvalue weighted by Gasteiger charge is 2.07. The molecule has 0 aliphatic rings. The van der Waals surface area contributed by atoms with E-state index in [1.54, 1.807) is 14.0 Å². The maximum atomic E-state index is 11.0. The summed E-state index contributed by atoms with van der Waals surface area (Å²) in [6.07, 6.45) is 0.443. The third-order valence-corrected chi connectivity index (χ3v) is 3.11. The molecule has 0 fully saturated rings. The Morgan fingerprint density at radius 2 is 2.14 bits per heavy atom. The normalized spacial score (nSPS) is 10.0. The molecule has 0 amide bonds. The van der Waals surface area contributed by atoms with Gasteiger partial charge in [0.05, 0.1) is 7.11 Å². The van der Waals surface area contributed by atoms with Crippen LogP contribution in [0.15, 0.2) is 16.6 Å². The van der Waals surface area contributed by atoms with Gasteiger partial charge < -0.3 is 4.74 Å². The van der Waals surface area contributed by atoms with Crippen molar-refractivity contribution in [1.29, 1.82) is 0 Å². The predicted octanol–water partition coefficient (Wildman–Crippen LogP) is 2.90. The first kappa shape index (κ1) is 11.2. The van der Waals surface area contributed by atoms with Crippen LogP contribution in [0.4, 0.5) is 0 Å². The van der Waals surface area contributed by atoms with Crippen LogP contribution in [0.2, 0.25) is 0 Å². The number of Topliss-reactive ketones (excluding diaryl/α,β-unsaturated/α-hetero) is 1. The van der Waals surface area contributed by atoms with E-state index < -0.39 is 0 Å². The van der Waals surface area contributed by atoms with Crippen molar-refractivity contribution in [3.8, 4) is 5.75 Å². The number of hydrogen-bond donors (Lipinski definition) is 0. The number of carbonyl (C=O) groups is 1. The monoisotopic (exact) mass is 256 g/mol. The van der Waals surface area contributed by atoms with Gasteiger partial charge in [0, 0.05) is 10.9 Å². The van der Waals surface area contributed by atoms with Crippen LogP contribution < -0.4 is 4.74 Å². The number of aryl methyl sites for hydroxylation is 1. The lowest BCUT2D eigenvalue weighted by Crippen LogP contribution is -1.99. The Labute approximate surface area is 92.4 Å². The second-order valence-corrected chi connectivity index (χ2v) is 4.09. The Hall–Kier alpha value is -0.830. The van der Waals surface area contributed by atoms with E-state index in [9.17, 15) is 4.79 Å². The standard InChI is InChI=1S/C11H13BrO2/c1-7-4-10(14-3)6-9(11(7)12)5-8(2)13/h4,6H,5H2,1-3H3. The van der Waals surface area contributed by atoms with Crippen molar-refractivity contribution in [3.63, 3.8) is 0 Å². The van der Waals surface area contributed by atoms with Crippen molar-refractivity contribution in [2.45, 2.75) is 20.3 Å². The topological polar surface area (TPSA) is 26.3 Å². The molecule has 0 radical (unpaired) electrons. The Bertz CT molecular complexity index is 359. The highest BCUT2D eigenvalue weighted by atomic mass is 79.9. The SMILES string of the molecule is COc1cc(C)c(Br)c(CC(C)=O)c1. The van der Waals surface area contributed by atoms with Crippen molar-refractivity contribution in [3.05, 3.63) is 27.7 Å². The molecule has 0 saturated heterocycles. The van der Waals surface area contributed by atoms with E-state index in [4.69, 9.17) is 4.74 Å². The first-order valence-corrected chi connectivity index (χ1v) is 5.16. The van der Waals surface area contributed by atoms with Crippen LogP contribution in [0, 0.1) is 6.92 Å². The summed E-state index contributed by atoms with van der Waals surface area (Å²) in [6.45, 7) is 3.57. The van der Waals surface area contributed by atoms with Crippen molar-refractivity contribution in [2.75, 3.05) is 7.11 Å². The van der Waals surface area contributed by atoms with Gasteiger partial charge in [-0.25, -0.2) is 0 Å². The lowest BCUT2D eigenvalue weighted by atomic mass is 10.1. The molecule has 2 nitrogen and oxygen atoms in total. The maximum absolute atomic E-state index is 11.0. The Balaban J connectivity index is 3.13. The van der Waals surface area contributed by atoms with Gasteiger partial charge in [0.25, 0.3) is 0 Å².